The Morgan fingerprint density at radius 1 is 1.28 bits per heavy atom. The second kappa shape index (κ2) is 5.72. The molecule has 0 spiro atoms. The number of hydrogen-bond acceptors (Lipinski definition) is 3. The minimum atomic E-state index is -4.74. The van der Waals surface area contributed by atoms with Crippen molar-refractivity contribution in [1.29, 1.82) is 0 Å². The van der Waals surface area contributed by atoms with Gasteiger partial charge in [0.1, 0.15) is 5.75 Å². The van der Waals surface area contributed by atoms with Crippen LogP contribution in [0.4, 0.5) is 13.2 Å². The number of carbonyl (C=O) groups is 1. The smallest absolute Gasteiger partial charge is 0.479 e. The Morgan fingerprint density at radius 2 is 1.83 bits per heavy atom. The van der Waals surface area contributed by atoms with Gasteiger partial charge in [-0.25, -0.2) is 4.79 Å². The first-order chi connectivity index (χ1) is 8.28. The van der Waals surface area contributed by atoms with Gasteiger partial charge in [-0.1, -0.05) is 12.1 Å². The number of ether oxygens (including phenoxy) is 1. The molecule has 2 N–H and O–H groups in total. The van der Waals surface area contributed by atoms with E-state index in [-0.39, 0.29) is 18.6 Å². The molecule has 1 aromatic rings. The predicted molar refractivity (Wildman–Crippen MR) is 55.1 cm³/mol. The predicted octanol–water partition coefficient (Wildman–Crippen LogP) is 1.96. The highest BCUT2D eigenvalue weighted by atomic mass is 19.4. The maximum atomic E-state index is 11.9. The third-order valence-corrected chi connectivity index (χ3v) is 2.15. The van der Waals surface area contributed by atoms with Crippen LogP contribution < -0.4 is 4.74 Å². The van der Waals surface area contributed by atoms with Crippen LogP contribution in [0.1, 0.15) is 12.0 Å². The van der Waals surface area contributed by atoms with E-state index in [1.165, 1.54) is 12.1 Å². The summed E-state index contributed by atoms with van der Waals surface area (Å²) in [6.45, 7) is 0. The topological polar surface area (TPSA) is 66.8 Å². The molecule has 0 amide bonds. The highest BCUT2D eigenvalue weighted by Gasteiger charge is 2.30. The highest BCUT2D eigenvalue weighted by molar-refractivity contribution is 5.71. The number of halogens is 3. The fraction of sp³-hybridized carbons (Fsp3) is 0.364. The Balaban J connectivity index is 2.53. The van der Waals surface area contributed by atoms with E-state index in [1.54, 1.807) is 0 Å². The molecule has 0 aromatic heterocycles. The summed E-state index contributed by atoms with van der Waals surface area (Å²) in [4.78, 5) is 10.3. The first-order valence-electron chi connectivity index (χ1n) is 5.03. The van der Waals surface area contributed by atoms with Crippen LogP contribution >= 0.6 is 0 Å². The van der Waals surface area contributed by atoms with Gasteiger partial charge in [-0.3, -0.25) is 0 Å². The molecule has 4 nitrogen and oxygen atoms in total. The molecule has 0 saturated heterocycles. The van der Waals surface area contributed by atoms with E-state index in [0.717, 1.165) is 12.1 Å². The third-order valence-electron chi connectivity index (χ3n) is 2.15. The van der Waals surface area contributed by atoms with Crippen LogP contribution in [0.25, 0.3) is 0 Å². The monoisotopic (exact) mass is 264 g/mol. The lowest BCUT2D eigenvalue weighted by Crippen LogP contribution is -2.20. The van der Waals surface area contributed by atoms with Gasteiger partial charge in [-0.2, -0.15) is 0 Å². The molecule has 1 rings (SSSR count). The molecular weight excluding hydrogens is 253 g/mol. The Labute approximate surface area is 101 Å². The van der Waals surface area contributed by atoms with Crippen molar-refractivity contribution in [2.45, 2.75) is 25.3 Å². The first-order valence-corrected chi connectivity index (χ1v) is 5.03. The van der Waals surface area contributed by atoms with Crippen molar-refractivity contribution in [2.24, 2.45) is 0 Å². The van der Waals surface area contributed by atoms with E-state index in [0.29, 0.717) is 5.56 Å². The maximum Gasteiger partial charge on any atom is 0.573 e. The number of carboxylic acid groups (broad SMARTS) is 1. The molecule has 1 aromatic carbocycles. The van der Waals surface area contributed by atoms with E-state index < -0.39 is 18.4 Å². The van der Waals surface area contributed by atoms with Crippen molar-refractivity contribution in [3.8, 4) is 5.75 Å². The largest absolute Gasteiger partial charge is 0.573 e. The van der Waals surface area contributed by atoms with Crippen LogP contribution in [-0.2, 0) is 11.2 Å². The molecule has 0 bridgehead atoms. The van der Waals surface area contributed by atoms with Crippen molar-refractivity contribution in [3.05, 3.63) is 29.8 Å². The van der Waals surface area contributed by atoms with Crippen molar-refractivity contribution >= 4 is 5.97 Å². The van der Waals surface area contributed by atoms with Crippen molar-refractivity contribution in [1.82, 2.24) is 0 Å². The van der Waals surface area contributed by atoms with Crippen LogP contribution in [0.2, 0.25) is 0 Å². The molecule has 0 unspecified atom stereocenters. The quantitative estimate of drug-likeness (QED) is 0.853. The van der Waals surface area contributed by atoms with Crippen LogP contribution in [0.5, 0.6) is 5.75 Å². The van der Waals surface area contributed by atoms with Gasteiger partial charge in [-0.15, -0.1) is 13.2 Å². The number of rotatable bonds is 5. The second-order valence-corrected chi connectivity index (χ2v) is 3.58. The minimum Gasteiger partial charge on any atom is -0.479 e. The number of aliphatic carboxylic acids is 1. The summed E-state index contributed by atoms with van der Waals surface area (Å²) in [6, 6.07) is 5.04. The molecule has 0 aliphatic rings. The summed E-state index contributed by atoms with van der Waals surface area (Å²) in [5.74, 6) is -1.67. The lowest BCUT2D eigenvalue weighted by atomic mass is 10.1. The zero-order valence-electron chi connectivity index (χ0n) is 9.15. The van der Waals surface area contributed by atoms with Crippen LogP contribution in [-0.4, -0.2) is 28.6 Å². The zero-order valence-corrected chi connectivity index (χ0v) is 9.15. The summed E-state index contributed by atoms with van der Waals surface area (Å²) in [5, 5.41) is 17.5. The number of aliphatic hydroxyl groups is 1. The summed E-state index contributed by atoms with van der Waals surface area (Å²) in [7, 11) is 0. The molecule has 1 atom stereocenters. The Kier molecular flexibility index (Phi) is 4.55. The zero-order chi connectivity index (χ0) is 13.8. The number of carboxylic acids is 1. The lowest BCUT2D eigenvalue weighted by Gasteiger charge is -2.09. The Morgan fingerprint density at radius 3 is 2.28 bits per heavy atom. The molecule has 18 heavy (non-hydrogen) atoms. The van der Waals surface area contributed by atoms with Crippen LogP contribution in [0.15, 0.2) is 24.3 Å². The average Bonchev–Trinajstić information content (AvgIpc) is 2.25. The first kappa shape index (κ1) is 14.3. The summed E-state index contributed by atoms with van der Waals surface area (Å²) < 4.78 is 39.3. The van der Waals surface area contributed by atoms with Gasteiger partial charge >= 0.3 is 12.3 Å². The van der Waals surface area contributed by atoms with Gasteiger partial charge in [0.2, 0.25) is 0 Å². The van der Waals surface area contributed by atoms with Gasteiger partial charge in [0.15, 0.2) is 6.10 Å². The average molecular weight is 264 g/mol. The molecule has 7 heteroatoms. The number of aryl methyl sites for hydroxylation is 1. The van der Waals surface area contributed by atoms with Crippen LogP contribution in [0.3, 0.4) is 0 Å². The minimum absolute atomic E-state index is 0.00515. The molecule has 0 fully saturated rings. The Hall–Kier alpha value is -1.76. The molecular formula is C11H11F3O4. The molecule has 0 heterocycles. The van der Waals surface area contributed by atoms with Crippen molar-refractivity contribution in [2.75, 3.05) is 0 Å². The second-order valence-electron chi connectivity index (χ2n) is 3.58. The fourth-order valence-electron chi connectivity index (χ4n) is 1.28. The SMILES string of the molecule is O=C(O)[C@H](O)CCc1ccc(OC(F)(F)F)cc1. The van der Waals surface area contributed by atoms with Gasteiger partial charge in [0, 0.05) is 0 Å². The van der Waals surface area contributed by atoms with Gasteiger partial charge in [0.25, 0.3) is 0 Å². The molecule has 0 radical (unpaired) electrons. The molecule has 0 aliphatic heterocycles. The molecule has 100 valence electrons. The number of aliphatic hydroxyl groups excluding tert-OH is 1. The van der Waals surface area contributed by atoms with Gasteiger partial charge in [-0.05, 0) is 30.5 Å². The Bertz CT molecular complexity index is 400. The van der Waals surface area contributed by atoms with E-state index in [1.807, 2.05) is 0 Å². The number of benzene rings is 1. The van der Waals surface area contributed by atoms with E-state index in [9.17, 15) is 18.0 Å². The highest BCUT2D eigenvalue weighted by Crippen LogP contribution is 2.23. The van der Waals surface area contributed by atoms with Crippen molar-refractivity contribution in [3.63, 3.8) is 0 Å². The van der Waals surface area contributed by atoms with E-state index >= 15 is 0 Å². The normalized spacial score (nSPS) is 13.1. The number of hydrogen-bond donors (Lipinski definition) is 2. The summed E-state index contributed by atoms with van der Waals surface area (Å²) >= 11 is 0. The molecule has 0 aliphatic carbocycles. The van der Waals surface area contributed by atoms with Gasteiger partial charge in [0.05, 0.1) is 0 Å². The van der Waals surface area contributed by atoms with Gasteiger partial charge < -0.3 is 14.9 Å². The summed E-state index contributed by atoms with van der Waals surface area (Å²) in [6.07, 6.45) is -5.97. The third kappa shape index (κ3) is 5.05. The van der Waals surface area contributed by atoms with Crippen LogP contribution in [0, 0.1) is 0 Å². The van der Waals surface area contributed by atoms with E-state index in [2.05, 4.69) is 4.74 Å². The molecule has 0 saturated carbocycles. The van der Waals surface area contributed by atoms with E-state index in [4.69, 9.17) is 10.2 Å². The summed E-state index contributed by atoms with van der Waals surface area (Å²) in [5.41, 5.74) is 0.616. The van der Waals surface area contributed by atoms with Crippen molar-refractivity contribution < 1.29 is 32.9 Å². The number of alkyl halides is 3. The fourth-order valence-corrected chi connectivity index (χ4v) is 1.28. The standard InChI is InChI=1S/C11H11F3O4/c12-11(13,14)18-8-4-1-7(2-5-8)3-6-9(15)10(16)17/h1-2,4-5,9,15H,3,6H2,(H,16,17)/t9-/m1/s1. The lowest BCUT2D eigenvalue weighted by molar-refractivity contribution is -0.274. The maximum absolute atomic E-state index is 11.9.